The van der Waals surface area contributed by atoms with Crippen LogP contribution in [0, 0.1) is 12.8 Å². The summed E-state index contributed by atoms with van der Waals surface area (Å²) in [6, 6.07) is -0.991. The topological polar surface area (TPSA) is 38.8 Å². The molecule has 0 atom stereocenters. The van der Waals surface area contributed by atoms with E-state index in [1.807, 2.05) is 9.80 Å². The number of anilines is 1. The predicted octanol–water partition coefficient (Wildman–Crippen LogP) is 3.99. The van der Waals surface area contributed by atoms with Crippen LogP contribution in [-0.2, 0) is 0 Å². The number of hydrogen-bond donors (Lipinski definition) is 1. The Morgan fingerprint density at radius 2 is 2.04 bits per heavy atom. The minimum Gasteiger partial charge on any atom is -0.368 e. The number of hydrogen-bond acceptors (Lipinski definition) is 3. The van der Waals surface area contributed by atoms with Crippen LogP contribution in [0.3, 0.4) is 0 Å². The van der Waals surface area contributed by atoms with Gasteiger partial charge in [0.05, 0.1) is 14.8 Å². The SMILES string of the molecule is [2H]c1c([2H])c(C)c(Cl)c(N2CCN(C([2H])([2H])CC3CCC(NC(=O)N(C)C([2H])([2H])[2H])CC3)CC2)c1[2H]. The van der Waals surface area contributed by atoms with Crippen LogP contribution in [0.4, 0.5) is 10.5 Å². The highest BCUT2D eigenvalue weighted by atomic mass is 35.5. The number of carbonyl (C=O) groups is 1. The van der Waals surface area contributed by atoms with E-state index in [2.05, 4.69) is 5.32 Å². The van der Waals surface area contributed by atoms with Crippen LogP contribution in [0.15, 0.2) is 18.1 Å². The molecule has 0 bridgehead atoms. The van der Waals surface area contributed by atoms with E-state index in [1.165, 1.54) is 7.05 Å². The summed E-state index contributed by atoms with van der Waals surface area (Å²) in [5, 5.41) is 3.09. The van der Waals surface area contributed by atoms with Crippen molar-refractivity contribution in [3.8, 4) is 0 Å². The molecule has 0 radical (unpaired) electrons. The summed E-state index contributed by atoms with van der Waals surface area (Å²) in [4.78, 5) is 16.6. The number of nitrogens with zero attached hydrogens (tertiary/aromatic N) is 3. The Bertz CT molecular complexity index is 931. The number of amides is 2. The number of piperazine rings is 1. The van der Waals surface area contributed by atoms with Crippen molar-refractivity contribution in [3.63, 3.8) is 0 Å². The van der Waals surface area contributed by atoms with Gasteiger partial charge in [0.2, 0.25) is 0 Å². The van der Waals surface area contributed by atoms with Crippen LogP contribution in [-0.4, -0.2) is 68.6 Å². The van der Waals surface area contributed by atoms with Gasteiger partial charge in [-0.2, -0.15) is 0 Å². The minimum absolute atomic E-state index is 0.0395. The number of urea groups is 1. The van der Waals surface area contributed by atoms with E-state index in [-0.39, 0.29) is 30.1 Å². The summed E-state index contributed by atoms with van der Waals surface area (Å²) in [5.74, 6) is 0.166. The largest absolute Gasteiger partial charge is 0.368 e. The van der Waals surface area contributed by atoms with Crippen molar-refractivity contribution in [2.45, 2.75) is 45.1 Å². The van der Waals surface area contributed by atoms with Crippen LogP contribution < -0.4 is 10.2 Å². The molecule has 1 saturated heterocycles. The monoisotopic (exact) mass is 414 g/mol. The van der Waals surface area contributed by atoms with Gasteiger partial charge in [-0.05, 0) is 63.0 Å². The molecule has 1 heterocycles. The normalized spacial score (nSPS) is 28.6. The number of rotatable bonds is 5. The van der Waals surface area contributed by atoms with E-state index in [0.717, 1.165) is 17.7 Å². The molecule has 0 aromatic heterocycles. The lowest BCUT2D eigenvalue weighted by molar-refractivity contribution is 0.194. The second kappa shape index (κ2) is 9.84. The zero-order chi connectivity index (χ0) is 27.0. The zero-order valence-electron chi connectivity index (χ0n) is 24.6. The Hall–Kier alpha value is -1.46. The Morgan fingerprint density at radius 3 is 2.71 bits per heavy atom. The number of halogens is 1. The van der Waals surface area contributed by atoms with Crippen LogP contribution >= 0.6 is 11.6 Å². The van der Waals surface area contributed by atoms with Gasteiger partial charge in [0.15, 0.2) is 0 Å². The third-order valence-electron chi connectivity index (χ3n) is 5.65. The predicted molar refractivity (Wildman–Crippen MR) is 117 cm³/mol. The molecule has 2 amide bonds. The fourth-order valence-electron chi connectivity index (χ4n) is 3.82. The van der Waals surface area contributed by atoms with Gasteiger partial charge in [-0.1, -0.05) is 23.7 Å². The van der Waals surface area contributed by atoms with E-state index in [0.29, 0.717) is 61.7 Å². The summed E-state index contributed by atoms with van der Waals surface area (Å²) in [6.45, 7) is -0.484. The molecule has 1 saturated carbocycles. The van der Waals surface area contributed by atoms with Gasteiger partial charge in [-0.25, -0.2) is 4.79 Å². The second-order valence-corrected chi connectivity index (χ2v) is 8.10. The molecule has 28 heavy (non-hydrogen) atoms. The number of carbonyl (C=O) groups excluding carboxylic acids is 1. The molecule has 2 fully saturated rings. The third kappa shape index (κ3) is 5.54. The highest BCUT2D eigenvalue weighted by molar-refractivity contribution is 6.34. The van der Waals surface area contributed by atoms with Crippen LogP contribution in [0.2, 0.25) is 5.02 Å². The van der Waals surface area contributed by atoms with Crippen molar-refractivity contribution >= 4 is 23.3 Å². The fourth-order valence-corrected chi connectivity index (χ4v) is 4.03. The van der Waals surface area contributed by atoms with Gasteiger partial charge in [0.1, 0.15) is 0 Å². The summed E-state index contributed by atoms with van der Waals surface area (Å²) in [6.07, 6.45) is 3.24. The lowest BCUT2D eigenvalue weighted by atomic mass is 9.84. The molecule has 1 aromatic rings. The van der Waals surface area contributed by atoms with Crippen molar-refractivity contribution in [1.82, 2.24) is 15.1 Å². The second-order valence-electron chi connectivity index (χ2n) is 7.73. The van der Waals surface area contributed by atoms with Crippen molar-refractivity contribution in [2.24, 2.45) is 5.92 Å². The van der Waals surface area contributed by atoms with Gasteiger partial charge in [-0.15, -0.1) is 0 Å². The lowest BCUT2D eigenvalue weighted by Gasteiger charge is -2.37. The quantitative estimate of drug-likeness (QED) is 0.791. The van der Waals surface area contributed by atoms with E-state index < -0.39 is 19.5 Å². The fraction of sp³-hybridized carbons (Fsp3) is 0.682. The summed E-state index contributed by atoms with van der Waals surface area (Å²) < 4.78 is 63.7. The van der Waals surface area contributed by atoms with Crippen molar-refractivity contribution in [2.75, 3.05) is 51.6 Å². The van der Waals surface area contributed by atoms with Crippen molar-refractivity contribution in [3.05, 3.63) is 28.7 Å². The maximum Gasteiger partial charge on any atom is 0.317 e. The Morgan fingerprint density at radius 1 is 1.32 bits per heavy atom. The third-order valence-corrected chi connectivity index (χ3v) is 6.11. The molecule has 3 rings (SSSR count). The maximum atomic E-state index is 12.1. The maximum absolute atomic E-state index is 12.1. The van der Waals surface area contributed by atoms with Gasteiger partial charge < -0.3 is 15.1 Å². The van der Waals surface area contributed by atoms with Gasteiger partial charge >= 0.3 is 6.03 Å². The number of benzene rings is 1. The Labute approximate surface area is 186 Å². The first-order valence-corrected chi connectivity index (χ1v) is 10.3. The molecule has 6 heteroatoms. The highest BCUT2D eigenvalue weighted by Gasteiger charge is 2.24. The van der Waals surface area contributed by atoms with E-state index in [9.17, 15) is 4.79 Å². The molecule has 5 nitrogen and oxygen atoms in total. The van der Waals surface area contributed by atoms with E-state index >= 15 is 0 Å². The first-order valence-electron chi connectivity index (χ1n) is 13.9. The van der Waals surface area contributed by atoms with Gasteiger partial charge in [0.25, 0.3) is 0 Å². The zero-order valence-corrected chi connectivity index (χ0v) is 17.4. The average molecular weight is 415 g/mol. The van der Waals surface area contributed by atoms with Crippen LogP contribution in [0.5, 0.6) is 0 Å². The Kier molecular flexibility index (Phi) is 4.56. The van der Waals surface area contributed by atoms with Crippen molar-refractivity contribution < 1.29 is 15.8 Å². The molecule has 1 aromatic carbocycles. The molecule has 2 aliphatic rings. The molecular weight excluding hydrogens is 372 g/mol. The van der Waals surface area contributed by atoms with Gasteiger partial charge in [0, 0.05) is 53.1 Å². The molecule has 0 spiro atoms. The van der Waals surface area contributed by atoms with Crippen molar-refractivity contribution in [1.29, 1.82) is 0 Å². The molecule has 1 aliphatic heterocycles. The van der Waals surface area contributed by atoms with E-state index in [1.54, 1.807) is 6.92 Å². The molecule has 1 N–H and O–H groups in total. The minimum atomic E-state index is -2.48. The Balaban J connectivity index is 1.52. The van der Waals surface area contributed by atoms with Gasteiger partial charge in [-0.3, -0.25) is 4.90 Å². The number of nitrogens with one attached hydrogen (secondary N) is 1. The molecule has 0 unspecified atom stereocenters. The first-order chi connectivity index (χ1) is 16.6. The molecular formula is C22H35ClN4O. The average Bonchev–Trinajstić information content (AvgIpc) is 2.82. The smallest absolute Gasteiger partial charge is 0.317 e. The first kappa shape index (κ1) is 13.0. The van der Waals surface area contributed by atoms with E-state index in [4.69, 9.17) is 22.6 Å². The molecule has 156 valence electrons. The van der Waals surface area contributed by atoms with Crippen LogP contribution in [0.25, 0.3) is 0 Å². The molecule has 1 aliphatic carbocycles. The summed E-state index contributed by atoms with van der Waals surface area (Å²) >= 11 is 6.44. The standard InChI is InChI=1S/C22H35ClN4O/c1-17-5-4-6-20(21(17)23)27-15-13-26(14-16-27)12-11-18-7-9-19(10-8-18)24-22(28)25(2)3/h4-6,18-19H,7-16H2,1-3H3,(H,24,28)/i2D3,4D,5D,6D,12D2. The van der Waals surface area contributed by atoms with Crippen LogP contribution in [0.1, 0.15) is 48.6 Å². The summed E-state index contributed by atoms with van der Waals surface area (Å²) in [5.41, 5.74) is 0.919. The lowest BCUT2D eigenvalue weighted by Crippen LogP contribution is -2.47. The summed E-state index contributed by atoms with van der Waals surface area (Å²) in [7, 11) is 1.25. The highest BCUT2D eigenvalue weighted by Crippen LogP contribution is 2.30.